The third-order valence-electron chi connectivity index (χ3n) is 2.96. The minimum Gasteiger partial charge on any atom is -0.451 e. The molecule has 0 unspecified atom stereocenters. The van der Waals surface area contributed by atoms with Gasteiger partial charge in [-0.05, 0) is 36.4 Å². The highest BCUT2D eigenvalue weighted by atomic mass is 35.5. The number of carbonyl (C=O) groups excluding carboxylic acids is 1. The summed E-state index contributed by atoms with van der Waals surface area (Å²) in [7, 11) is 0. The van der Waals surface area contributed by atoms with Gasteiger partial charge < -0.3 is 15.5 Å². The number of nitrogen functional groups attached to an aromatic ring is 1. The van der Waals surface area contributed by atoms with Crippen LogP contribution in [0.3, 0.4) is 0 Å². The molecule has 21 heavy (non-hydrogen) atoms. The fraction of sp³-hybridized carbons (Fsp3) is 0. The van der Waals surface area contributed by atoms with E-state index in [4.69, 9.17) is 33.4 Å². The van der Waals surface area contributed by atoms with E-state index in [-0.39, 0.29) is 10.8 Å². The van der Waals surface area contributed by atoms with Gasteiger partial charge in [0.1, 0.15) is 5.58 Å². The number of hydrogen-bond donors (Lipinski definition) is 2. The Kier molecular flexibility index (Phi) is 3.49. The maximum Gasteiger partial charge on any atom is 0.291 e. The number of anilines is 2. The second-order valence-electron chi connectivity index (χ2n) is 4.46. The SMILES string of the molecule is Nc1ccc2oc(C(=O)Nc3cccc(Cl)c3Cl)cc2c1. The average molecular weight is 321 g/mol. The van der Waals surface area contributed by atoms with Gasteiger partial charge in [-0.15, -0.1) is 0 Å². The number of nitrogens with one attached hydrogen (secondary N) is 1. The number of rotatable bonds is 2. The molecule has 4 nitrogen and oxygen atoms in total. The van der Waals surface area contributed by atoms with Gasteiger partial charge in [0.25, 0.3) is 5.91 Å². The Labute approximate surface area is 130 Å². The molecule has 0 radical (unpaired) electrons. The van der Waals surface area contributed by atoms with Gasteiger partial charge in [-0.3, -0.25) is 4.79 Å². The Hall–Kier alpha value is -2.17. The molecule has 0 fully saturated rings. The Morgan fingerprint density at radius 3 is 2.76 bits per heavy atom. The molecule has 0 saturated carbocycles. The summed E-state index contributed by atoms with van der Waals surface area (Å²) < 4.78 is 5.48. The van der Waals surface area contributed by atoms with E-state index in [0.717, 1.165) is 5.39 Å². The molecule has 1 aromatic heterocycles. The van der Waals surface area contributed by atoms with E-state index in [9.17, 15) is 4.79 Å². The zero-order chi connectivity index (χ0) is 15.0. The van der Waals surface area contributed by atoms with Gasteiger partial charge in [0.2, 0.25) is 0 Å². The number of benzene rings is 2. The maximum absolute atomic E-state index is 12.2. The summed E-state index contributed by atoms with van der Waals surface area (Å²) in [6.45, 7) is 0. The summed E-state index contributed by atoms with van der Waals surface area (Å²) in [5.74, 6) is -0.236. The summed E-state index contributed by atoms with van der Waals surface area (Å²) in [5.41, 5.74) is 7.31. The van der Waals surface area contributed by atoms with Crippen molar-refractivity contribution in [1.29, 1.82) is 0 Å². The van der Waals surface area contributed by atoms with Crippen LogP contribution in [0.25, 0.3) is 11.0 Å². The van der Waals surface area contributed by atoms with E-state index in [1.54, 1.807) is 42.5 Å². The van der Waals surface area contributed by atoms with E-state index in [2.05, 4.69) is 5.32 Å². The Balaban J connectivity index is 1.91. The third kappa shape index (κ3) is 2.68. The summed E-state index contributed by atoms with van der Waals surface area (Å²) in [6, 6.07) is 11.8. The van der Waals surface area contributed by atoms with Gasteiger partial charge >= 0.3 is 0 Å². The molecule has 0 atom stereocenters. The summed E-state index contributed by atoms with van der Waals surface area (Å²) in [5, 5.41) is 4.08. The van der Waals surface area contributed by atoms with Crippen LogP contribution >= 0.6 is 23.2 Å². The van der Waals surface area contributed by atoms with Crippen molar-refractivity contribution < 1.29 is 9.21 Å². The van der Waals surface area contributed by atoms with Crippen molar-refractivity contribution in [2.75, 3.05) is 11.1 Å². The number of furan rings is 1. The number of carbonyl (C=O) groups is 1. The molecule has 6 heteroatoms. The van der Waals surface area contributed by atoms with E-state index in [1.165, 1.54) is 0 Å². The molecular formula is C15H10Cl2N2O2. The quantitative estimate of drug-likeness (QED) is 0.679. The first kappa shape index (κ1) is 13.8. The van der Waals surface area contributed by atoms with Crippen LogP contribution in [0.2, 0.25) is 10.0 Å². The van der Waals surface area contributed by atoms with Crippen LogP contribution in [-0.2, 0) is 0 Å². The fourth-order valence-electron chi connectivity index (χ4n) is 1.96. The van der Waals surface area contributed by atoms with Crippen molar-refractivity contribution >= 4 is 51.5 Å². The molecule has 106 valence electrons. The molecule has 3 rings (SSSR count). The number of halogens is 2. The fourth-order valence-corrected chi connectivity index (χ4v) is 2.31. The summed E-state index contributed by atoms with van der Waals surface area (Å²) >= 11 is 11.9. The molecule has 0 saturated heterocycles. The summed E-state index contributed by atoms with van der Waals surface area (Å²) in [6.07, 6.45) is 0. The molecule has 3 N–H and O–H groups in total. The smallest absolute Gasteiger partial charge is 0.291 e. The van der Waals surface area contributed by atoms with Crippen molar-refractivity contribution in [3.05, 3.63) is 58.3 Å². The monoisotopic (exact) mass is 320 g/mol. The number of fused-ring (bicyclic) bond motifs is 1. The van der Waals surface area contributed by atoms with Gasteiger partial charge in [0.05, 0.1) is 15.7 Å². The van der Waals surface area contributed by atoms with Gasteiger partial charge in [-0.2, -0.15) is 0 Å². The summed E-state index contributed by atoms with van der Waals surface area (Å²) in [4.78, 5) is 12.2. The Bertz CT molecular complexity index is 843. The van der Waals surface area contributed by atoms with Crippen molar-refractivity contribution in [3.63, 3.8) is 0 Å². The van der Waals surface area contributed by atoms with Crippen LogP contribution in [-0.4, -0.2) is 5.91 Å². The molecular weight excluding hydrogens is 311 g/mol. The highest BCUT2D eigenvalue weighted by Gasteiger charge is 2.14. The van der Waals surface area contributed by atoms with Crippen molar-refractivity contribution in [2.45, 2.75) is 0 Å². The van der Waals surface area contributed by atoms with Gasteiger partial charge in [0, 0.05) is 11.1 Å². The molecule has 0 aliphatic carbocycles. The molecule has 0 aliphatic heterocycles. The highest BCUT2D eigenvalue weighted by Crippen LogP contribution is 2.30. The first-order valence-corrected chi connectivity index (χ1v) is 6.84. The first-order chi connectivity index (χ1) is 10.0. The molecule has 1 amide bonds. The number of amides is 1. The van der Waals surface area contributed by atoms with Gasteiger partial charge in [0.15, 0.2) is 5.76 Å². The Morgan fingerprint density at radius 2 is 1.95 bits per heavy atom. The lowest BCUT2D eigenvalue weighted by Gasteiger charge is -2.06. The highest BCUT2D eigenvalue weighted by molar-refractivity contribution is 6.44. The van der Waals surface area contributed by atoms with Crippen molar-refractivity contribution in [2.24, 2.45) is 0 Å². The Morgan fingerprint density at radius 1 is 1.14 bits per heavy atom. The molecule has 0 spiro atoms. The number of hydrogen-bond acceptors (Lipinski definition) is 3. The second kappa shape index (κ2) is 5.31. The predicted octanol–water partition coefficient (Wildman–Crippen LogP) is 4.57. The van der Waals surface area contributed by atoms with E-state index < -0.39 is 5.91 Å². The standard InChI is InChI=1S/C15H10Cl2N2O2/c16-10-2-1-3-11(14(10)17)19-15(20)13-7-8-6-9(18)4-5-12(8)21-13/h1-7H,18H2,(H,19,20). The predicted molar refractivity (Wildman–Crippen MR) is 85.0 cm³/mol. The zero-order valence-corrected chi connectivity index (χ0v) is 12.2. The van der Waals surface area contributed by atoms with Crippen LogP contribution in [0.15, 0.2) is 46.9 Å². The zero-order valence-electron chi connectivity index (χ0n) is 10.7. The lowest BCUT2D eigenvalue weighted by atomic mass is 10.2. The molecule has 2 aromatic carbocycles. The molecule has 0 bridgehead atoms. The van der Waals surface area contributed by atoms with Gasteiger partial charge in [-0.25, -0.2) is 0 Å². The average Bonchev–Trinajstić information content (AvgIpc) is 2.87. The van der Waals surface area contributed by atoms with Gasteiger partial charge in [-0.1, -0.05) is 29.3 Å². The van der Waals surface area contributed by atoms with Crippen LogP contribution in [0, 0.1) is 0 Å². The van der Waals surface area contributed by atoms with Crippen molar-refractivity contribution in [1.82, 2.24) is 0 Å². The van der Waals surface area contributed by atoms with Crippen LogP contribution in [0.4, 0.5) is 11.4 Å². The maximum atomic E-state index is 12.2. The molecule has 1 heterocycles. The van der Waals surface area contributed by atoms with E-state index in [0.29, 0.717) is 22.0 Å². The lowest BCUT2D eigenvalue weighted by molar-refractivity contribution is 0.0998. The van der Waals surface area contributed by atoms with Crippen molar-refractivity contribution in [3.8, 4) is 0 Å². The molecule has 3 aromatic rings. The minimum absolute atomic E-state index is 0.173. The van der Waals surface area contributed by atoms with Crippen LogP contribution < -0.4 is 11.1 Å². The van der Waals surface area contributed by atoms with Crippen LogP contribution in [0.1, 0.15) is 10.6 Å². The molecule has 0 aliphatic rings. The van der Waals surface area contributed by atoms with E-state index >= 15 is 0 Å². The second-order valence-corrected chi connectivity index (χ2v) is 5.25. The first-order valence-electron chi connectivity index (χ1n) is 6.09. The van der Waals surface area contributed by atoms with Crippen LogP contribution in [0.5, 0.6) is 0 Å². The normalized spacial score (nSPS) is 10.8. The lowest BCUT2D eigenvalue weighted by Crippen LogP contribution is -2.11. The topological polar surface area (TPSA) is 68.3 Å². The third-order valence-corrected chi connectivity index (χ3v) is 3.78. The minimum atomic E-state index is -0.408. The van der Waals surface area contributed by atoms with E-state index in [1.807, 2.05) is 0 Å². The number of nitrogens with two attached hydrogens (primary N) is 1. The largest absolute Gasteiger partial charge is 0.451 e.